The first-order chi connectivity index (χ1) is 17.5. The van der Waals surface area contributed by atoms with E-state index in [1.165, 1.54) is 0 Å². The number of nitrogens with one attached hydrogen (secondary N) is 1. The van der Waals surface area contributed by atoms with Crippen molar-refractivity contribution in [3.63, 3.8) is 0 Å². The Balaban J connectivity index is 1.32. The van der Waals surface area contributed by atoms with Crippen molar-refractivity contribution >= 4 is 28.9 Å². The zero-order valence-electron chi connectivity index (χ0n) is 20.5. The summed E-state index contributed by atoms with van der Waals surface area (Å²) in [6.07, 6.45) is 3.52. The first kappa shape index (κ1) is 23.6. The summed E-state index contributed by atoms with van der Waals surface area (Å²) in [6.45, 7) is 6.69. The van der Waals surface area contributed by atoms with Crippen LogP contribution in [0.2, 0.25) is 0 Å². The van der Waals surface area contributed by atoms with E-state index >= 15 is 0 Å². The Morgan fingerprint density at radius 2 is 1.75 bits per heavy atom. The number of aromatic nitrogens is 2. The topological polar surface area (TPSA) is 80.9 Å². The molecule has 0 spiro atoms. The molecule has 1 N–H and O–H groups in total. The molecule has 0 radical (unpaired) electrons. The van der Waals surface area contributed by atoms with Crippen molar-refractivity contribution in [3.05, 3.63) is 89.4 Å². The van der Waals surface area contributed by atoms with Gasteiger partial charge in [-0.05, 0) is 50.2 Å². The summed E-state index contributed by atoms with van der Waals surface area (Å²) in [7, 11) is 0. The maximum atomic E-state index is 12.8. The molecular weight excluding hydrogens is 454 g/mol. The van der Waals surface area contributed by atoms with Crippen molar-refractivity contribution < 1.29 is 14.3 Å². The van der Waals surface area contributed by atoms with Gasteiger partial charge in [-0.2, -0.15) is 5.10 Å². The zero-order chi connectivity index (χ0) is 25.1. The van der Waals surface area contributed by atoms with Crippen LogP contribution in [0.5, 0.6) is 0 Å². The van der Waals surface area contributed by atoms with Crippen LogP contribution in [0.25, 0.3) is 16.6 Å². The van der Waals surface area contributed by atoms with E-state index in [2.05, 4.69) is 27.2 Å². The Hall–Kier alpha value is -4.17. The van der Waals surface area contributed by atoms with Gasteiger partial charge in [0.2, 0.25) is 5.91 Å². The van der Waals surface area contributed by atoms with Crippen LogP contribution >= 0.6 is 0 Å². The van der Waals surface area contributed by atoms with E-state index in [1.54, 1.807) is 12.3 Å². The number of amides is 2. The number of benzene rings is 2. The highest BCUT2D eigenvalue weighted by Crippen LogP contribution is 2.21. The lowest BCUT2D eigenvalue weighted by atomic mass is 10.2. The number of nitrogens with zero attached hydrogens (tertiary/aromatic N) is 4. The van der Waals surface area contributed by atoms with E-state index < -0.39 is 0 Å². The lowest BCUT2D eigenvalue weighted by Crippen LogP contribution is -2.42. The Morgan fingerprint density at radius 1 is 1.00 bits per heavy atom. The fraction of sp³-hybridized carbons (Fsp3) is 0.250. The smallest absolute Gasteiger partial charge is 0.271 e. The van der Waals surface area contributed by atoms with Crippen molar-refractivity contribution in [3.8, 4) is 5.69 Å². The van der Waals surface area contributed by atoms with Crippen LogP contribution in [-0.2, 0) is 16.1 Å². The number of carbonyl (C=O) groups excluding carboxylic acids is 2. The average Bonchev–Trinajstić information content (AvgIpc) is 3.43. The molecule has 8 heteroatoms. The quantitative estimate of drug-likeness (QED) is 0.336. The van der Waals surface area contributed by atoms with Gasteiger partial charge in [0.1, 0.15) is 6.54 Å². The van der Waals surface area contributed by atoms with E-state index in [0.717, 1.165) is 33.5 Å². The number of hydrogen-bond acceptors (Lipinski definition) is 4. The number of hydrazone groups is 1. The second-order valence-corrected chi connectivity index (χ2v) is 8.92. The van der Waals surface area contributed by atoms with Gasteiger partial charge in [0.15, 0.2) is 0 Å². The molecule has 3 heterocycles. The SMILES string of the molecule is Cc1ccc(C)n1-c1cccc(C(=O)N/N=C\c2cn(CC(=O)N3CCOCC3)c3ccccc23)c1. The van der Waals surface area contributed by atoms with Gasteiger partial charge in [-0.1, -0.05) is 24.3 Å². The molecule has 0 unspecified atom stereocenters. The van der Waals surface area contributed by atoms with Crippen LogP contribution in [0, 0.1) is 13.8 Å². The Bertz CT molecular complexity index is 1420. The Labute approximate surface area is 209 Å². The lowest BCUT2D eigenvalue weighted by Gasteiger charge is -2.27. The number of ether oxygens (including phenoxy) is 1. The molecule has 1 fully saturated rings. The summed E-state index contributed by atoms with van der Waals surface area (Å²) in [5, 5.41) is 5.19. The van der Waals surface area contributed by atoms with Gasteiger partial charge in [-0.3, -0.25) is 9.59 Å². The molecule has 184 valence electrons. The molecule has 0 bridgehead atoms. The minimum atomic E-state index is -0.290. The highest BCUT2D eigenvalue weighted by atomic mass is 16.5. The summed E-state index contributed by atoms with van der Waals surface area (Å²) < 4.78 is 9.39. The molecule has 36 heavy (non-hydrogen) atoms. The third-order valence-corrected chi connectivity index (χ3v) is 6.50. The third kappa shape index (κ3) is 4.81. The predicted octanol–water partition coefficient (Wildman–Crippen LogP) is 3.67. The molecule has 1 aliphatic heterocycles. The van der Waals surface area contributed by atoms with Crippen LogP contribution in [0.15, 0.2) is 72.0 Å². The summed E-state index contributed by atoms with van der Waals surface area (Å²) in [5.41, 5.74) is 8.07. The molecule has 2 aromatic heterocycles. The highest BCUT2D eigenvalue weighted by Gasteiger charge is 2.18. The lowest BCUT2D eigenvalue weighted by molar-refractivity contribution is -0.135. The molecule has 8 nitrogen and oxygen atoms in total. The van der Waals surface area contributed by atoms with E-state index in [1.807, 2.05) is 72.0 Å². The number of aryl methyl sites for hydroxylation is 2. The van der Waals surface area contributed by atoms with Crippen LogP contribution in [0.4, 0.5) is 0 Å². The van der Waals surface area contributed by atoms with Gasteiger partial charge in [0, 0.05) is 58.4 Å². The maximum absolute atomic E-state index is 12.8. The van der Waals surface area contributed by atoms with Gasteiger partial charge in [0.05, 0.1) is 19.4 Å². The van der Waals surface area contributed by atoms with Gasteiger partial charge in [-0.25, -0.2) is 5.43 Å². The first-order valence-electron chi connectivity index (χ1n) is 12.0. The predicted molar refractivity (Wildman–Crippen MR) is 140 cm³/mol. The molecule has 1 saturated heterocycles. The molecule has 5 rings (SSSR count). The van der Waals surface area contributed by atoms with Crippen molar-refractivity contribution in [1.29, 1.82) is 0 Å². The number of rotatable bonds is 6. The van der Waals surface area contributed by atoms with E-state index in [4.69, 9.17) is 4.74 Å². The minimum absolute atomic E-state index is 0.0592. The highest BCUT2D eigenvalue weighted by molar-refractivity contribution is 6.01. The summed E-state index contributed by atoms with van der Waals surface area (Å²) >= 11 is 0. The van der Waals surface area contributed by atoms with Crippen LogP contribution < -0.4 is 5.43 Å². The van der Waals surface area contributed by atoms with E-state index in [9.17, 15) is 9.59 Å². The second-order valence-electron chi connectivity index (χ2n) is 8.92. The van der Waals surface area contributed by atoms with Crippen molar-refractivity contribution in [2.45, 2.75) is 20.4 Å². The normalized spacial score (nSPS) is 14.0. The molecule has 0 saturated carbocycles. The van der Waals surface area contributed by atoms with Crippen LogP contribution in [-0.4, -0.2) is 58.4 Å². The summed E-state index contributed by atoms with van der Waals surface area (Å²) in [5.74, 6) is -0.231. The summed E-state index contributed by atoms with van der Waals surface area (Å²) in [6, 6.07) is 19.4. The van der Waals surface area contributed by atoms with E-state index in [-0.39, 0.29) is 18.4 Å². The molecule has 2 aromatic carbocycles. The van der Waals surface area contributed by atoms with Crippen molar-refractivity contribution in [2.24, 2.45) is 5.10 Å². The summed E-state index contributed by atoms with van der Waals surface area (Å²) in [4.78, 5) is 27.4. The van der Waals surface area contributed by atoms with E-state index in [0.29, 0.717) is 31.9 Å². The second kappa shape index (κ2) is 10.2. The molecule has 2 amide bonds. The molecule has 0 atom stereocenters. The Kier molecular flexibility index (Phi) is 6.69. The fourth-order valence-electron chi connectivity index (χ4n) is 4.65. The largest absolute Gasteiger partial charge is 0.378 e. The van der Waals surface area contributed by atoms with Crippen molar-refractivity contribution in [2.75, 3.05) is 26.3 Å². The van der Waals surface area contributed by atoms with Gasteiger partial charge in [0.25, 0.3) is 5.91 Å². The van der Waals surface area contributed by atoms with Crippen LogP contribution in [0.3, 0.4) is 0 Å². The third-order valence-electron chi connectivity index (χ3n) is 6.50. The van der Waals surface area contributed by atoms with Gasteiger partial charge < -0.3 is 18.8 Å². The molecule has 4 aromatic rings. The number of hydrogen-bond donors (Lipinski definition) is 1. The number of para-hydroxylation sites is 1. The van der Waals surface area contributed by atoms with Crippen LogP contribution in [0.1, 0.15) is 27.3 Å². The fourth-order valence-corrected chi connectivity index (χ4v) is 4.65. The first-order valence-corrected chi connectivity index (χ1v) is 12.0. The molecular formula is C28H29N5O3. The Morgan fingerprint density at radius 3 is 2.53 bits per heavy atom. The zero-order valence-corrected chi connectivity index (χ0v) is 20.5. The monoisotopic (exact) mass is 483 g/mol. The number of morpholine rings is 1. The minimum Gasteiger partial charge on any atom is -0.378 e. The molecule has 1 aliphatic rings. The average molecular weight is 484 g/mol. The van der Waals surface area contributed by atoms with Crippen molar-refractivity contribution in [1.82, 2.24) is 19.5 Å². The molecule has 0 aliphatic carbocycles. The standard InChI is InChI=1S/C28H29N5O3/c1-20-10-11-21(2)33(20)24-7-5-6-22(16-24)28(35)30-29-17-23-18-32(26-9-4-3-8-25(23)26)19-27(34)31-12-14-36-15-13-31/h3-11,16-18H,12-15,19H2,1-2H3,(H,30,35)/b29-17-. The maximum Gasteiger partial charge on any atom is 0.271 e. The number of fused-ring (bicyclic) bond motifs is 1. The van der Waals surface area contributed by atoms with Gasteiger partial charge >= 0.3 is 0 Å². The van der Waals surface area contributed by atoms with Gasteiger partial charge in [-0.15, -0.1) is 0 Å². The number of carbonyl (C=O) groups is 2.